The first kappa shape index (κ1) is 22.4. The third-order valence-corrected chi connectivity index (χ3v) is 0. The first-order chi connectivity index (χ1) is 2.00. The fraction of sp³-hybridized carbons (Fsp3) is 0. The van der Waals surface area contributed by atoms with E-state index in [0.29, 0.717) is 0 Å². The van der Waals surface area contributed by atoms with Gasteiger partial charge in [-0.2, -0.15) is 0 Å². The molecule has 0 amide bonds. The number of hydrogen-bond donors (Lipinski definition) is 4. The Bertz CT molecular complexity index is 38.7. The SMILES string of the molecule is O[Si](O)(O)O.[AlH3].[Ca+2].[H-].[H-].[PbH2]. The van der Waals surface area contributed by atoms with E-state index in [9.17, 15) is 0 Å². The maximum absolute atomic E-state index is 7.33. The van der Waals surface area contributed by atoms with E-state index < -0.39 is 9.05 Å². The molecule has 8 heavy (non-hydrogen) atoms. The van der Waals surface area contributed by atoms with E-state index in [-0.39, 0.29) is 85.3 Å². The first-order valence-electron chi connectivity index (χ1n) is 0.894. The van der Waals surface area contributed by atoms with E-state index in [1.165, 1.54) is 0 Å². The minimum absolute atomic E-state index is 0. The number of rotatable bonds is 0. The van der Waals surface area contributed by atoms with Crippen LogP contribution < -0.4 is 0 Å². The zero-order chi connectivity index (χ0) is 4.50. The van der Waals surface area contributed by atoms with Crippen molar-refractivity contribution in [3.8, 4) is 0 Å². The standard InChI is InChI=1S/Al.Ca.H4O4Si.Pb.7H/c;;1-5(2,3)4;;;;;;;;/h;;1-4H;;;;;;;;/q;+2;;;;;;;;2*-1. The molecular formula is H11AlCaO4PbSi. The minimum atomic E-state index is -4.61. The summed E-state index contributed by atoms with van der Waals surface area (Å²) in [6, 6.07) is 0. The normalized spacial score (nSPS) is 7.50. The van der Waals surface area contributed by atoms with Gasteiger partial charge in [-0.3, -0.25) is 0 Å². The first-order valence-corrected chi connectivity index (χ1v) is 2.68. The molecule has 4 N–H and O–H groups in total. The molecule has 0 heterocycles. The molecule has 8 heteroatoms. The van der Waals surface area contributed by atoms with Gasteiger partial charge in [-0.05, 0) is 0 Å². The molecule has 0 aromatic rings. The fourth-order valence-electron chi connectivity index (χ4n) is 0. The van der Waals surface area contributed by atoms with E-state index in [4.69, 9.17) is 19.2 Å². The van der Waals surface area contributed by atoms with Crippen molar-refractivity contribution >= 4 is 91.4 Å². The molecule has 0 bridgehead atoms. The van der Waals surface area contributed by atoms with Crippen LogP contribution in [0, 0.1) is 0 Å². The molecule has 2 radical (unpaired) electrons. The van der Waals surface area contributed by atoms with Crippen LogP contribution in [0.1, 0.15) is 2.85 Å². The summed E-state index contributed by atoms with van der Waals surface area (Å²) in [6.45, 7) is 0. The molecule has 0 aliphatic heterocycles. The molecular weight excluding hydrogens is 366 g/mol. The Morgan fingerprint density at radius 3 is 1.00 bits per heavy atom. The Hall–Kier alpha value is 2.77. The predicted octanol–water partition coefficient (Wildman–Crippen LogP) is -4.86. The van der Waals surface area contributed by atoms with Gasteiger partial charge in [0.15, 0.2) is 17.4 Å². The number of hydrogen-bond acceptors (Lipinski definition) is 4. The van der Waals surface area contributed by atoms with Crippen LogP contribution in [0.5, 0.6) is 0 Å². The van der Waals surface area contributed by atoms with Gasteiger partial charge in [0.25, 0.3) is 0 Å². The Balaban J connectivity index is -0.00000000800. The molecule has 0 saturated heterocycles. The van der Waals surface area contributed by atoms with Gasteiger partial charge in [0.2, 0.25) is 0 Å². The van der Waals surface area contributed by atoms with Gasteiger partial charge in [-0.15, -0.1) is 0 Å². The second kappa shape index (κ2) is 9.77. The summed E-state index contributed by atoms with van der Waals surface area (Å²) < 4.78 is 0. The van der Waals surface area contributed by atoms with E-state index >= 15 is 0 Å². The summed E-state index contributed by atoms with van der Waals surface area (Å²) in [5, 5.41) is 0. The van der Waals surface area contributed by atoms with E-state index in [1.54, 1.807) is 0 Å². The Morgan fingerprint density at radius 2 is 1.00 bits per heavy atom. The van der Waals surface area contributed by atoms with Crippen LogP contribution in [0.4, 0.5) is 0 Å². The molecule has 0 aromatic heterocycles. The summed E-state index contributed by atoms with van der Waals surface area (Å²) in [5.74, 6) is 0. The van der Waals surface area contributed by atoms with Crippen molar-refractivity contribution in [2.24, 2.45) is 0 Å². The van der Waals surface area contributed by atoms with Gasteiger partial charge in [0, 0.05) is 0 Å². The summed E-state index contributed by atoms with van der Waals surface area (Å²) in [5.41, 5.74) is 0. The molecule has 0 aliphatic carbocycles. The van der Waals surface area contributed by atoms with Crippen LogP contribution in [0.25, 0.3) is 0 Å². The van der Waals surface area contributed by atoms with Crippen molar-refractivity contribution in [2.75, 3.05) is 0 Å². The molecule has 0 fully saturated rings. The Morgan fingerprint density at radius 1 is 1.00 bits per heavy atom. The third-order valence-electron chi connectivity index (χ3n) is 0. The van der Waals surface area contributed by atoms with Gasteiger partial charge in [0.1, 0.15) is 0 Å². The van der Waals surface area contributed by atoms with Gasteiger partial charge < -0.3 is 22.0 Å². The van der Waals surface area contributed by atoms with Crippen molar-refractivity contribution in [3.05, 3.63) is 0 Å². The van der Waals surface area contributed by atoms with Crippen LogP contribution in [-0.4, -0.2) is 111 Å². The molecule has 0 atom stereocenters. The second-order valence-electron chi connectivity index (χ2n) is 0.600. The maximum atomic E-state index is 7.33. The van der Waals surface area contributed by atoms with Crippen LogP contribution in [0.2, 0.25) is 0 Å². The van der Waals surface area contributed by atoms with E-state index in [2.05, 4.69) is 0 Å². The summed E-state index contributed by atoms with van der Waals surface area (Å²) in [7, 11) is -4.61. The summed E-state index contributed by atoms with van der Waals surface area (Å²) >= 11 is 0. The molecule has 0 unspecified atom stereocenters. The predicted molar refractivity (Wildman–Crippen MR) is 41.1 cm³/mol. The molecule has 48 valence electrons. The summed E-state index contributed by atoms with van der Waals surface area (Å²) in [6.07, 6.45) is 0. The van der Waals surface area contributed by atoms with Crippen LogP contribution >= 0.6 is 0 Å². The zero-order valence-electron chi connectivity index (χ0n) is 5.70. The Kier molecular flexibility index (Phi) is 27.4. The molecule has 0 rings (SSSR count). The van der Waals surface area contributed by atoms with Crippen LogP contribution in [-0.2, 0) is 0 Å². The molecule has 4 nitrogen and oxygen atoms in total. The monoisotopic (exact) mass is 378 g/mol. The van der Waals surface area contributed by atoms with Crippen molar-refractivity contribution in [2.45, 2.75) is 0 Å². The average Bonchev–Trinajstić information content (AvgIpc) is 0.722. The van der Waals surface area contributed by atoms with E-state index in [1.807, 2.05) is 0 Å². The van der Waals surface area contributed by atoms with Gasteiger partial charge in [0.05, 0.1) is 0 Å². The molecule has 0 spiro atoms. The Labute approximate surface area is 112 Å². The van der Waals surface area contributed by atoms with Crippen LogP contribution in [0.3, 0.4) is 0 Å². The fourth-order valence-corrected chi connectivity index (χ4v) is 0. The molecule has 0 saturated carbocycles. The van der Waals surface area contributed by atoms with Crippen molar-refractivity contribution < 1.29 is 22.0 Å². The average molecular weight is 377 g/mol. The third kappa shape index (κ3) is 69.0. The second-order valence-corrected chi connectivity index (χ2v) is 1.80. The topological polar surface area (TPSA) is 80.9 Å². The van der Waals surface area contributed by atoms with Crippen LogP contribution in [0.15, 0.2) is 0 Å². The quantitative estimate of drug-likeness (QED) is 0.319. The summed E-state index contributed by atoms with van der Waals surface area (Å²) in [4.78, 5) is 29.3. The van der Waals surface area contributed by atoms with Gasteiger partial charge >= 0.3 is 74.1 Å². The van der Waals surface area contributed by atoms with Crippen molar-refractivity contribution in [1.82, 2.24) is 0 Å². The van der Waals surface area contributed by atoms with Gasteiger partial charge in [-0.1, -0.05) is 0 Å². The van der Waals surface area contributed by atoms with E-state index in [0.717, 1.165) is 0 Å². The zero-order valence-corrected chi connectivity index (χ0v) is 12.4. The van der Waals surface area contributed by atoms with Crippen molar-refractivity contribution in [1.29, 1.82) is 0 Å². The van der Waals surface area contributed by atoms with Gasteiger partial charge in [-0.25, -0.2) is 0 Å². The molecule has 0 aromatic carbocycles. The van der Waals surface area contributed by atoms with Crippen molar-refractivity contribution in [3.63, 3.8) is 0 Å². The molecule has 0 aliphatic rings.